The lowest BCUT2D eigenvalue weighted by atomic mass is 10.0. The Morgan fingerprint density at radius 2 is 2.04 bits per heavy atom. The van der Waals surface area contributed by atoms with E-state index in [1.165, 1.54) is 0 Å². The normalized spacial score (nSPS) is 20.2. The first-order valence-electron chi connectivity index (χ1n) is 8.24. The first-order valence-corrected chi connectivity index (χ1v) is 8.62. The third-order valence-corrected chi connectivity index (χ3v) is 4.76. The highest BCUT2D eigenvalue weighted by Gasteiger charge is 2.39. The molecule has 6 nitrogen and oxygen atoms in total. The second-order valence-corrected chi connectivity index (χ2v) is 6.53. The molecular formula is C17H23ClN2O4. The first kappa shape index (κ1) is 17.5. The number of ether oxygens (including phenoxy) is 3. The van der Waals surface area contributed by atoms with Crippen LogP contribution in [0.4, 0.5) is 5.69 Å². The fourth-order valence-corrected chi connectivity index (χ4v) is 3.33. The summed E-state index contributed by atoms with van der Waals surface area (Å²) in [5.41, 5.74) is 0.598. The number of anilines is 1. The Morgan fingerprint density at radius 3 is 2.71 bits per heavy atom. The van der Waals surface area contributed by atoms with Gasteiger partial charge in [-0.25, -0.2) is 0 Å². The zero-order valence-corrected chi connectivity index (χ0v) is 14.6. The molecule has 0 bridgehead atoms. The van der Waals surface area contributed by atoms with Gasteiger partial charge in [-0.3, -0.25) is 4.79 Å². The van der Waals surface area contributed by atoms with Crippen molar-refractivity contribution in [2.24, 2.45) is 0 Å². The zero-order chi connectivity index (χ0) is 17.0. The minimum absolute atomic E-state index is 0.0516. The number of amides is 1. The lowest BCUT2D eigenvalue weighted by Crippen LogP contribution is -2.45. The van der Waals surface area contributed by atoms with Gasteiger partial charge in [0.05, 0.1) is 26.0 Å². The minimum atomic E-state index is -0.368. The van der Waals surface area contributed by atoms with Gasteiger partial charge in [0.15, 0.2) is 5.79 Å². The van der Waals surface area contributed by atoms with E-state index in [0.29, 0.717) is 42.6 Å². The number of rotatable bonds is 5. The van der Waals surface area contributed by atoms with Crippen LogP contribution in [0.1, 0.15) is 19.3 Å². The maximum Gasteiger partial charge on any atom is 0.225 e. The van der Waals surface area contributed by atoms with Crippen LogP contribution in [0.2, 0.25) is 5.02 Å². The summed E-state index contributed by atoms with van der Waals surface area (Å²) in [4.78, 5) is 14.5. The van der Waals surface area contributed by atoms with Crippen LogP contribution < -0.4 is 10.1 Å². The number of hydrogen-bond donors (Lipinski definition) is 1. The number of carbonyl (C=O) groups is 1. The van der Waals surface area contributed by atoms with E-state index in [-0.39, 0.29) is 11.7 Å². The van der Waals surface area contributed by atoms with Crippen LogP contribution in [0.5, 0.6) is 5.75 Å². The highest BCUT2D eigenvalue weighted by molar-refractivity contribution is 6.31. The van der Waals surface area contributed by atoms with E-state index in [1.807, 2.05) is 0 Å². The largest absolute Gasteiger partial charge is 0.495 e. The first-order chi connectivity index (χ1) is 11.6. The summed E-state index contributed by atoms with van der Waals surface area (Å²) < 4.78 is 16.7. The fourth-order valence-electron chi connectivity index (χ4n) is 3.15. The maximum absolute atomic E-state index is 12.2. The zero-order valence-electron chi connectivity index (χ0n) is 13.8. The molecule has 2 heterocycles. The Morgan fingerprint density at radius 1 is 1.33 bits per heavy atom. The summed E-state index contributed by atoms with van der Waals surface area (Å²) in [5.74, 6) is 0.180. The molecule has 7 heteroatoms. The number of carbonyl (C=O) groups excluding carboxylic acids is 1. The molecule has 2 aliphatic rings. The van der Waals surface area contributed by atoms with Gasteiger partial charge in [-0.2, -0.15) is 0 Å². The number of benzene rings is 1. The summed E-state index contributed by atoms with van der Waals surface area (Å²) in [5, 5.41) is 3.43. The van der Waals surface area contributed by atoms with Crippen LogP contribution >= 0.6 is 11.6 Å². The number of piperidine rings is 1. The second-order valence-electron chi connectivity index (χ2n) is 6.09. The molecule has 0 atom stereocenters. The Labute approximate surface area is 147 Å². The molecule has 0 radical (unpaired) electrons. The standard InChI is InChI=1S/C17H23ClN2O4/c1-22-15-3-2-13(18)12-14(15)19-16(21)4-7-20-8-5-17(6-9-20)23-10-11-24-17/h2-3,12H,4-11H2,1H3,(H,19,21). The number of nitrogens with zero attached hydrogens (tertiary/aromatic N) is 1. The van der Waals surface area contributed by atoms with Crippen LogP contribution in [0.3, 0.4) is 0 Å². The second kappa shape index (κ2) is 7.70. The Balaban J connectivity index is 1.45. The third kappa shape index (κ3) is 4.19. The molecule has 2 saturated heterocycles. The van der Waals surface area contributed by atoms with E-state index in [0.717, 1.165) is 25.9 Å². The quantitative estimate of drug-likeness (QED) is 0.880. The van der Waals surface area contributed by atoms with Gasteiger partial charge >= 0.3 is 0 Å². The summed E-state index contributed by atoms with van der Waals surface area (Å²) in [6.07, 6.45) is 2.14. The molecule has 2 fully saturated rings. The molecule has 1 amide bonds. The predicted molar refractivity (Wildman–Crippen MR) is 91.6 cm³/mol. The third-order valence-electron chi connectivity index (χ3n) is 4.52. The summed E-state index contributed by atoms with van der Waals surface area (Å²) in [6, 6.07) is 5.16. The maximum atomic E-state index is 12.2. The monoisotopic (exact) mass is 354 g/mol. The van der Waals surface area contributed by atoms with Crippen molar-refractivity contribution in [2.75, 3.05) is 45.3 Å². The summed E-state index contributed by atoms with van der Waals surface area (Å²) >= 11 is 5.98. The molecule has 2 aliphatic heterocycles. The van der Waals surface area contributed by atoms with E-state index in [2.05, 4.69) is 10.2 Å². The summed E-state index contributed by atoms with van der Waals surface area (Å²) in [6.45, 7) is 3.85. The number of hydrogen-bond acceptors (Lipinski definition) is 5. The van der Waals surface area contributed by atoms with Gasteiger partial charge in [0, 0.05) is 43.9 Å². The van der Waals surface area contributed by atoms with Crippen LogP contribution in [0.15, 0.2) is 18.2 Å². The predicted octanol–water partition coefficient (Wildman–Crippen LogP) is 2.52. The molecule has 0 aliphatic carbocycles. The molecule has 1 aromatic carbocycles. The minimum Gasteiger partial charge on any atom is -0.495 e. The van der Waals surface area contributed by atoms with Gasteiger partial charge in [0.25, 0.3) is 0 Å². The average molecular weight is 355 g/mol. The van der Waals surface area contributed by atoms with Crippen molar-refractivity contribution >= 4 is 23.2 Å². The number of nitrogens with one attached hydrogen (secondary N) is 1. The Kier molecular flexibility index (Phi) is 5.61. The highest BCUT2D eigenvalue weighted by Crippen LogP contribution is 2.31. The van der Waals surface area contributed by atoms with Crippen molar-refractivity contribution in [1.29, 1.82) is 0 Å². The SMILES string of the molecule is COc1ccc(Cl)cc1NC(=O)CCN1CCC2(CC1)OCCO2. The molecule has 24 heavy (non-hydrogen) atoms. The molecule has 0 unspecified atom stereocenters. The summed E-state index contributed by atoms with van der Waals surface area (Å²) in [7, 11) is 1.57. The topological polar surface area (TPSA) is 60.0 Å². The van der Waals surface area contributed by atoms with Gasteiger partial charge in [0.1, 0.15) is 5.75 Å². The van der Waals surface area contributed by atoms with Crippen LogP contribution in [-0.4, -0.2) is 56.6 Å². The fraction of sp³-hybridized carbons (Fsp3) is 0.588. The molecule has 1 aromatic rings. The van der Waals surface area contributed by atoms with Gasteiger partial charge < -0.3 is 24.4 Å². The smallest absolute Gasteiger partial charge is 0.225 e. The number of methoxy groups -OCH3 is 1. The van der Waals surface area contributed by atoms with Gasteiger partial charge in [0.2, 0.25) is 5.91 Å². The highest BCUT2D eigenvalue weighted by atomic mass is 35.5. The van der Waals surface area contributed by atoms with Crippen LogP contribution in [0.25, 0.3) is 0 Å². The molecule has 0 aromatic heterocycles. The molecule has 0 saturated carbocycles. The van der Waals surface area contributed by atoms with E-state index >= 15 is 0 Å². The van der Waals surface area contributed by atoms with Crippen molar-refractivity contribution in [2.45, 2.75) is 25.0 Å². The van der Waals surface area contributed by atoms with Gasteiger partial charge in [-0.1, -0.05) is 11.6 Å². The van der Waals surface area contributed by atoms with Crippen molar-refractivity contribution in [3.05, 3.63) is 23.2 Å². The van der Waals surface area contributed by atoms with E-state index in [1.54, 1.807) is 25.3 Å². The molecule has 3 rings (SSSR count). The lowest BCUT2D eigenvalue weighted by molar-refractivity contribution is -0.185. The van der Waals surface area contributed by atoms with Crippen LogP contribution in [0, 0.1) is 0 Å². The van der Waals surface area contributed by atoms with E-state index in [9.17, 15) is 4.79 Å². The Hall–Kier alpha value is -1.34. The van der Waals surface area contributed by atoms with Gasteiger partial charge in [-0.05, 0) is 18.2 Å². The van der Waals surface area contributed by atoms with Gasteiger partial charge in [-0.15, -0.1) is 0 Å². The average Bonchev–Trinajstić information content (AvgIpc) is 3.03. The van der Waals surface area contributed by atoms with E-state index in [4.69, 9.17) is 25.8 Å². The number of likely N-dealkylation sites (tertiary alicyclic amines) is 1. The lowest BCUT2D eigenvalue weighted by Gasteiger charge is -2.37. The molecule has 132 valence electrons. The van der Waals surface area contributed by atoms with Crippen molar-refractivity contribution < 1.29 is 19.0 Å². The van der Waals surface area contributed by atoms with Crippen molar-refractivity contribution in [3.8, 4) is 5.75 Å². The van der Waals surface area contributed by atoms with E-state index < -0.39 is 0 Å². The number of halogens is 1. The molecule has 1 spiro atoms. The Bertz CT molecular complexity index is 580. The van der Waals surface area contributed by atoms with Crippen molar-refractivity contribution in [1.82, 2.24) is 4.90 Å². The van der Waals surface area contributed by atoms with Crippen LogP contribution in [-0.2, 0) is 14.3 Å². The van der Waals surface area contributed by atoms with Crippen molar-refractivity contribution in [3.63, 3.8) is 0 Å². The molecular weight excluding hydrogens is 332 g/mol. The molecule has 1 N–H and O–H groups in total.